The van der Waals surface area contributed by atoms with Crippen molar-refractivity contribution in [2.45, 2.75) is 25.1 Å². The van der Waals surface area contributed by atoms with Gasteiger partial charge >= 0.3 is 6.18 Å². The Morgan fingerprint density at radius 1 is 1.20 bits per heavy atom. The predicted octanol–water partition coefficient (Wildman–Crippen LogP) is 2.57. The number of rotatable bonds is 3. The number of halogens is 3. The number of carbonyl (C=O) groups excluding carboxylic acids is 1. The average molecular weight is 352 g/mol. The fourth-order valence-corrected chi connectivity index (χ4v) is 2.61. The number of ether oxygens (including phenoxy) is 1. The standard InChI is InChI=1S/C16H15F3N4O2/c17-16(18,19)13-4-3-11(8-22-13)15(24)23-7-1-2-12(10-23)25-14-9-20-5-6-21-14/h3-6,8-9,12H,1-2,7,10H2/t12-/m0/s1. The molecular weight excluding hydrogens is 337 g/mol. The molecule has 0 bridgehead atoms. The lowest BCUT2D eigenvalue weighted by Crippen LogP contribution is -2.44. The molecule has 0 unspecified atom stereocenters. The van der Waals surface area contributed by atoms with E-state index in [1.165, 1.54) is 18.6 Å². The second-order valence-corrected chi connectivity index (χ2v) is 5.61. The largest absolute Gasteiger partial charge is 0.471 e. The van der Waals surface area contributed by atoms with Crippen LogP contribution in [-0.4, -0.2) is 45.0 Å². The summed E-state index contributed by atoms with van der Waals surface area (Å²) in [5.41, 5.74) is -0.903. The Morgan fingerprint density at radius 3 is 2.68 bits per heavy atom. The third kappa shape index (κ3) is 4.23. The summed E-state index contributed by atoms with van der Waals surface area (Å²) in [6.07, 6.45) is 2.20. The number of alkyl halides is 3. The van der Waals surface area contributed by atoms with Crippen LogP contribution in [0.5, 0.6) is 5.88 Å². The van der Waals surface area contributed by atoms with E-state index in [-0.39, 0.29) is 17.6 Å². The van der Waals surface area contributed by atoms with Gasteiger partial charge in [0.15, 0.2) is 0 Å². The van der Waals surface area contributed by atoms with Gasteiger partial charge in [-0.3, -0.25) is 14.8 Å². The van der Waals surface area contributed by atoms with Gasteiger partial charge in [-0.15, -0.1) is 0 Å². The SMILES string of the molecule is O=C(c1ccc(C(F)(F)F)nc1)N1CCC[C@H](Oc2cnccn2)C1. The van der Waals surface area contributed by atoms with Crippen LogP contribution in [0.4, 0.5) is 13.2 Å². The van der Waals surface area contributed by atoms with Gasteiger partial charge in [-0.05, 0) is 25.0 Å². The average Bonchev–Trinajstić information content (AvgIpc) is 2.61. The van der Waals surface area contributed by atoms with Crippen LogP contribution in [0, 0.1) is 0 Å². The molecule has 1 saturated heterocycles. The van der Waals surface area contributed by atoms with E-state index in [1.54, 1.807) is 4.90 Å². The van der Waals surface area contributed by atoms with Crippen LogP contribution >= 0.6 is 0 Å². The molecule has 1 aliphatic rings. The lowest BCUT2D eigenvalue weighted by molar-refractivity contribution is -0.141. The molecule has 0 aliphatic carbocycles. The summed E-state index contributed by atoms with van der Waals surface area (Å²) in [5, 5.41) is 0. The highest BCUT2D eigenvalue weighted by Gasteiger charge is 2.33. The molecule has 1 atom stereocenters. The number of carbonyl (C=O) groups is 1. The second-order valence-electron chi connectivity index (χ2n) is 5.61. The molecule has 0 radical (unpaired) electrons. The van der Waals surface area contributed by atoms with Crippen molar-refractivity contribution in [2.75, 3.05) is 13.1 Å². The van der Waals surface area contributed by atoms with Crippen LogP contribution < -0.4 is 4.74 Å². The third-order valence-corrected chi connectivity index (χ3v) is 3.79. The van der Waals surface area contributed by atoms with Crippen molar-refractivity contribution in [3.05, 3.63) is 48.2 Å². The molecule has 1 amide bonds. The molecule has 0 aromatic carbocycles. The number of pyridine rings is 1. The molecule has 2 aromatic rings. The van der Waals surface area contributed by atoms with Crippen LogP contribution in [0.3, 0.4) is 0 Å². The molecule has 0 saturated carbocycles. The van der Waals surface area contributed by atoms with Crippen molar-refractivity contribution in [3.63, 3.8) is 0 Å². The monoisotopic (exact) mass is 352 g/mol. The van der Waals surface area contributed by atoms with Gasteiger partial charge in [-0.2, -0.15) is 13.2 Å². The topological polar surface area (TPSA) is 68.2 Å². The van der Waals surface area contributed by atoms with Crippen LogP contribution in [0.15, 0.2) is 36.9 Å². The van der Waals surface area contributed by atoms with Gasteiger partial charge in [0, 0.05) is 25.1 Å². The molecule has 25 heavy (non-hydrogen) atoms. The van der Waals surface area contributed by atoms with Gasteiger partial charge in [-0.25, -0.2) is 4.98 Å². The number of aromatic nitrogens is 3. The number of hydrogen-bond acceptors (Lipinski definition) is 5. The van der Waals surface area contributed by atoms with Crippen molar-refractivity contribution in [1.82, 2.24) is 19.9 Å². The molecule has 9 heteroatoms. The maximum Gasteiger partial charge on any atom is 0.433 e. The normalized spacial score (nSPS) is 18.0. The second kappa shape index (κ2) is 7.04. The van der Waals surface area contributed by atoms with Crippen molar-refractivity contribution < 1.29 is 22.7 Å². The van der Waals surface area contributed by atoms with Crippen LogP contribution in [0.2, 0.25) is 0 Å². The summed E-state index contributed by atoms with van der Waals surface area (Å²) in [7, 11) is 0. The Hall–Kier alpha value is -2.71. The summed E-state index contributed by atoms with van der Waals surface area (Å²) < 4.78 is 43.3. The maximum absolute atomic E-state index is 12.5. The third-order valence-electron chi connectivity index (χ3n) is 3.79. The van der Waals surface area contributed by atoms with Crippen molar-refractivity contribution in [1.29, 1.82) is 0 Å². The first kappa shape index (κ1) is 17.1. The predicted molar refractivity (Wildman–Crippen MR) is 80.8 cm³/mol. The number of likely N-dealkylation sites (tertiary alicyclic amines) is 1. The van der Waals surface area contributed by atoms with Crippen molar-refractivity contribution >= 4 is 5.91 Å². The summed E-state index contributed by atoms with van der Waals surface area (Å²) in [6.45, 7) is 0.844. The Morgan fingerprint density at radius 2 is 2.04 bits per heavy atom. The van der Waals surface area contributed by atoms with Crippen LogP contribution in [0.25, 0.3) is 0 Å². The van der Waals surface area contributed by atoms with Crippen molar-refractivity contribution in [2.24, 2.45) is 0 Å². The van der Waals surface area contributed by atoms with Gasteiger partial charge < -0.3 is 9.64 Å². The van der Waals surface area contributed by atoms with Gasteiger partial charge in [0.2, 0.25) is 5.88 Å². The Bertz CT molecular complexity index is 722. The number of nitrogens with zero attached hydrogens (tertiary/aromatic N) is 4. The Labute approximate surface area is 141 Å². The van der Waals surface area contributed by atoms with Gasteiger partial charge in [0.1, 0.15) is 11.8 Å². The number of hydrogen-bond donors (Lipinski definition) is 0. The van der Waals surface area contributed by atoms with Gasteiger partial charge in [0.05, 0.1) is 18.3 Å². The molecule has 132 valence electrons. The fourth-order valence-electron chi connectivity index (χ4n) is 2.61. The van der Waals surface area contributed by atoms with E-state index in [0.717, 1.165) is 31.2 Å². The molecule has 1 aliphatic heterocycles. The maximum atomic E-state index is 12.5. The summed E-state index contributed by atoms with van der Waals surface area (Å²) in [6, 6.07) is 1.95. The smallest absolute Gasteiger partial charge is 0.433 e. The quantitative estimate of drug-likeness (QED) is 0.849. The molecule has 2 aromatic heterocycles. The van der Waals surface area contributed by atoms with E-state index >= 15 is 0 Å². The molecule has 0 N–H and O–H groups in total. The first-order valence-corrected chi connectivity index (χ1v) is 7.68. The first-order valence-electron chi connectivity index (χ1n) is 7.68. The minimum absolute atomic E-state index is 0.119. The Balaban J connectivity index is 1.65. The first-order chi connectivity index (χ1) is 11.9. The van der Waals surface area contributed by atoms with Crippen LogP contribution in [0.1, 0.15) is 28.9 Å². The summed E-state index contributed by atoms with van der Waals surface area (Å²) in [5.74, 6) is 0.00617. The molecular formula is C16H15F3N4O2. The summed E-state index contributed by atoms with van der Waals surface area (Å²) in [4.78, 5) is 25.3. The summed E-state index contributed by atoms with van der Waals surface area (Å²) >= 11 is 0. The molecule has 6 nitrogen and oxygen atoms in total. The van der Waals surface area contributed by atoms with Gasteiger partial charge in [0.25, 0.3) is 5.91 Å². The van der Waals surface area contributed by atoms with E-state index in [1.807, 2.05) is 0 Å². The highest BCUT2D eigenvalue weighted by Crippen LogP contribution is 2.27. The lowest BCUT2D eigenvalue weighted by Gasteiger charge is -2.32. The van der Waals surface area contributed by atoms with E-state index < -0.39 is 11.9 Å². The van der Waals surface area contributed by atoms with E-state index in [2.05, 4.69) is 15.0 Å². The highest BCUT2D eigenvalue weighted by molar-refractivity contribution is 5.94. The molecule has 3 heterocycles. The molecule has 3 rings (SSSR count). The number of amides is 1. The van der Waals surface area contributed by atoms with E-state index in [4.69, 9.17) is 4.74 Å². The molecule has 1 fully saturated rings. The van der Waals surface area contributed by atoms with E-state index in [0.29, 0.717) is 19.0 Å². The number of piperidine rings is 1. The zero-order chi connectivity index (χ0) is 17.9. The zero-order valence-corrected chi connectivity index (χ0v) is 13.1. The highest BCUT2D eigenvalue weighted by atomic mass is 19.4. The molecule has 0 spiro atoms. The van der Waals surface area contributed by atoms with Crippen molar-refractivity contribution in [3.8, 4) is 5.88 Å². The fraction of sp³-hybridized carbons (Fsp3) is 0.375. The van der Waals surface area contributed by atoms with Gasteiger partial charge in [-0.1, -0.05) is 0 Å². The Kier molecular flexibility index (Phi) is 4.82. The minimum Gasteiger partial charge on any atom is -0.471 e. The zero-order valence-electron chi connectivity index (χ0n) is 13.1. The lowest BCUT2D eigenvalue weighted by atomic mass is 10.1. The van der Waals surface area contributed by atoms with E-state index in [9.17, 15) is 18.0 Å². The minimum atomic E-state index is -4.53. The van der Waals surface area contributed by atoms with Crippen LogP contribution in [-0.2, 0) is 6.18 Å².